The van der Waals surface area contributed by atoms with Crippen molar-refractivity contribution >= 4 is 45.8 Å². The summed E-state index contributed by atoms with van der Waals surface area (Å²) in [6.45, 7) is -0.127. The third-order valence-electron chi connectivity index (χ3n) is 5.36. The zero-order valence-electron chi connectivity index (χ0n) is 18.1. The number of pyridine rings is 1. The van der Waals surface area contributed by atoms with Crippen LogP contribution in [0.4, 0.5) is 8.78 Å². The highest BCUT2D eigenvalue weighted by atomic mass is 35.5. The Balaban J connectivity index is 1.66. The molecule has 36 heavy (non-hydrogen) atoms. The van der Waals surface area contributed by atoms with Crippen molar-refractivity contribution in [1.82, 2.24) is 14.8 Å². The summed E-state index contributed by atoms with van der Waals surface area (Å²) in [6.07, 6.45) is 0. The molecule has 178 valence electrons. The summed E-state index contributed by atoms with van der Waals surface area (Å²) >= 11 is 18.7. The van der Waals surface area contributed by atoms with Gasteiger partial charge < -0.3 is 4.74 Å². The summed E-state index contributed by atoms with van der Waals surface area (Å²) in [5.41, 5.74) is 2.73. The smallest absolute Gasteiger partial charge is 0.234 e. The largest absolute Gasteiger partial charge is 0.472 e. The summed E-state index contributed by atoms with van der Waals surface area (Å²) in [4.78, 5) is 4.46. The van der Waals surface area contributed by atoms with E-state index in [1.165, 1.54) is 6.07 Å². The third kappa shape index (κ3) is 4.59. The monoisotopic (exact) mass is 540 g/mol. The average molecular weight is 542 g/mol. The van der Waals surface area contributed by atoms with Gasteiger partial charge in [-0.3, -0.25) is 0 Å². The van der Waals surface area contributed by atoms with Gasteiger partial charge in [0.05, 0.1) is 16.4 Å². The first kappa shape index (κ1) is 24.0. The molecule has 0 radical (unpaired) electrons. The van der Waals surface area contributed by atoms with Gasteiger partial charge >= 0.3 is 0 Å². The molecule has 2 aromatic heterocycles. The lowest BCUT2D eigenvalue weighted by molar-refractivity contribution is 0.293. The number of nitrogens with zero attached hydrogens (tertiary/aromatic N) is 4. The quantitative estimate of drug-likeness (QED) is 0.228. The first-order chi connectivity index (χ1) is 17.3. The Morgan fingerprint density at radius 3 is 2.33 bits per heavy atom. The number of hydrogen-bond donors (Lipinski definition) is 0. The summed E-state index contributed by atoms with van der Waals surface area (Å²) in [7, 11) is 0. The molecule has 3 aromatic carbocycles. The van der Waals surface area contributed by atoms with E-state index < -0.39 is 11.6 Å². The molecule has 0 N–H and O–H groups in total. The maximum absolute atomic E-state index is 13.6. The van der Waals surface area contributed by atoms with Crippen LogP contribution in [-0.2, 0) is 6.61 Å². The van der Waals surface area contributed by atoms with Crippen LogP contribution in [0.5, 0.6) is 5.88 Å². The Morgan fingerprint density at radius 2 is 1.64 bits per heavy atom. The topological polar surface area (TPSA) is 63.7 Å². The van der Waals surface area contributed by atoms with Crippen molar-refractivity contribution in [3.8, 4) is 28.9 Å². The molecule has 0 amide bonds. The predicted octanol–water partition coefficient (Wildman–Crippen LogP) is 7.78. The standard InChI is InChI=1S/C26H13Cl3F2N4O/c27-17-4-2-15(3-5-17)24-19-10-16(12-32)26(36-13-14-1-7-21(30)22(31)9-14)33-25(19)34-35(24)23-8-6-18(28)11-20(23)29/h1-11H,13H2. The van der Waals surface area contributed by atoms with E-state index in [1.54, 1.807) is 41.1 Å². The molecule has 0 aliphatic carbocycles. The Bertz CT molecular complexity index is 1660. The van der Waals surface area contributed by atoms with Gasteiger partial charge in [0.15, 0.2) is 17.3 Å². The fourth-order valence-electron chi connectivity index (χ4n) is 3.68. The number of fused-ring (bicyclic) bond motifs is 1. The number of nitriles is 1. The van der Waals surface area contributed by atoms with E-state index in [4.69, 9.17) is 39.5 Å². The van der Waals surface area contributed by atoms with Crippen molar-refractivity contribution in [2.75, 3.05) is 0 Å². The summed E-state index contributed by atoms with van der Waals surface area (Å²) in [5.74, 6) is -1.95. The van der Waals surface area contributed by atoms with Crippen LogP contribution < -0.4 is 4.74 Å². The first-order valence-corrected chi connectivity index (χ1v) is 11.6. The molecule has 0 fully saturated rings. The fourth-order valence-corrected chi connectivity index (χ4v) is 4.30. The van der Waals surface area contributed by atoms with Crippen LogP contribution in [-0.4, -0.2) is 14.8 Å². The van der Waals surface area contributed by atoms with Gasteiger partial charge in [-0.05, 0) is 54.1 Å². The third-order valence-corrected chi connectivity index (χ3v) is 6.15. The lowest BCUT2D eigenvalue weighted by Crippen LogP contribution is -2.01. The molecule has 2 heterocycles. The molecule has 0 aliphatic heterocycles. The zero-order valence-corrected chi connectivity index (χ0v) is 20.4. The Kier molecular flexibility index (Phi) is 6.50. The molecule has 5 rings (SSSR count). The molecule has 0 saturated carbocycles. The minimum atomic E-state index is -0.994. The molecule has 5 aromatic rings. The number of ether oxygens (including phenoxy) is 1. The fraction of sp³-hybridized carbons (Fsp3) is 0.0385. The minimum absolute atomic E-state index is 0.00393. The van der Waals surface area contributed by atoms with E-state index in [0.717, 1.165) is 17.7 Å². The second-order valence-electron chi connectivity index (χ2n) is 7.72. The molecule has 0 atom stereocenters. The van der Waals surface area contributed by atoms with Crippen molar-refractivity contribution in [1.29, 1.82) is 5.26 Å². The normalized spacial score (nSPS) is 11.0. The van der Waals surface area contributed by atoms with Gasteiger partial charge in [0.25, 0.3) is 0 Å². The molecule has 0 unspecified atom stereocenters. The van der Waals surface area contributed by atoms with Crippen molar-refractivity contribution in [2.24, 2.45) is 0 Å². The van der Waals surface area contributed by atoms with Crippen LogP contribution in [0.15, 0.2) is 66.7 Å². The zero-order chi connectivity index (χ0) is 25.4. The first-order valence-electron chi connectivity index (χ1n) is 10.5. The maximum atomic E-state index is 13.6. The lowest BCUT2D eigenvalue weighted by Gasteiger charge is -2.10. The Morgan fingerprint density at radius 1 is 0.889 bits per heavy atom. The number of hydrogen-bond acceptors (Lipinski definition) is 4. The van der Waals surface area contributed by atoms with Crippen molar-refractivity contribution in [2.45, 2.75) is 6.61 Å². The highest BCUT2D eigenvalue weighted by molar-refractivity contribution is 6.35. The van der Waals surface area contributed by atoms with E-state index in [9.17, 15) is 14.0 Å². The number of benzene rings is 3. The molecule has 0 aliphatic rings. The lowest BCUT2D eigenvalue weighted by atomic mass is 10.1. The molecule has 0 saturated heterocycles. The van der Waals surface area contributed by atoms with Crippen LogP contribution in [0.3, 0.4) is 0 Å². The average Bonchev–Trinajstić information content (AvgIpc) is 3.22. The van der Waals surface area contributed by atoms with Crippen molar-refractivity contribution in [3.05, 3.63) is 105 Å². The molecule has 0 spiro atoms. The highest BCUT2D eigenvalue weighted by Gasteiger charge is 2.21. The predicted molar refractivity (Wildman–Crippen MR) is 135 cm³/mol. The second kappa shape index (κ2) is 9.75. The van der Waals surface area contributed by atoms with E-state index in [1.807, 2.05) is 12.1 Å². The van der Waals surface area contributed by atoms with Crippen molar-refractivity contribution < 1.29 is 13.5 Å². The van der Waals surface area contributed by atoms with Crippen LogP contribution in [0.1, 0.15) is 11.1 Å². The van der Waals surface area contributed by atoms with Crippen molar-refractivity contribution in [3.63, 3.8) is 0 Å². The summed E-state index contributed by atoms with van der Waals surface area (Å²) < 4.78 is 34.1. The molecule has 0 bridgehead atoms. The van der Waals surface area contributed by atoms with Crippen LogP contribution in [0.25, 0.3) is 28.0 Å². The Hall–Kier alpha value is -3.70. The Labute approximate surface area is 219 Å². The van der Waals surface area contributed by atoms with E-state index in [2.05, 4.69) is 16.2 Å². The number of rotatable bonds is 5. The van der Waals surface area contributed by atoms with E-state index >= 15 is 0 Å². The van der Waals surface area contributed by atoms with Crippen LogP contribution in [0.2, 0.25) is 15.1 Å². The van der Waals surface area contributed by atoms with Crippen LogP contribution >= 0.6 is 34.8 Å². The maximum Gasteiger partial charge on any atom is 0.234 e. The van der Waals surface area contributed by atoms with Gasteiger partial charge in [0.2, 0.25) is 5.88 Å². The minimum Gasteiger partial charge on any atom is -0.472 e. The van der Waals surface area contributed by atoms with E-state index in [-0.39, 0.29) is 23.7 Å². The number of halogens is 5. The highest BCUT2D eigenvalue weighted by Crippen LogP contribution is 2.36. The van der Waals surface area contributed by atoms with Gasteiger partial charge in [-0.25, -0.2) is 13.5 Å². The van der Waals surface area contributed by atoms with E-state index in [0.29, 0.717) is 37.4 Å². The second-order valence-corrected chi connectivity index (χ2v) is 9.00. The van der Waals surface area contributed by atoms with Gasteiger partial charge in [-0.15, -0.1) is 5.10 Å². The summed E-state index contributed by atoms with van der Waals surface area (Å²) in [6, 6.07) is 19.2. The van der Waals surface area contributed by atoms with Gasteiger partial charge in [0, 0.05) is 21.0 Å². The molecule has 10 heteroatoms. The van der Waals surface area contributed by atoms with Crippen LogP contribution in [0, 0.1) is 23.0 Å². The van der Waals surface area contributed by atoms with Gasteiger partial charge in [-0.2, -0.15) is 10.2 Å². The summed E-state index contributed by atoms with van der Waals surface area (Å²) in [5, 5.41) is 16.4. The van der Waals surface area contributed by atoms with Gasteiger partial charge in [-0.1, -0.05) is 53.0 Å². The molecule has 5 nitrogen and oxygen atoms in total. The molecular weight excluding hydrogens is 529 g/mol. The SMILES string of the molecule is N#Cc1cc2c(-c3ccc(Cl)cc3)n(-c3ccc(Cl)cc3Cl)nc2nc1OCc1ccc(F)c(F)c1. The molecular formula is C26H13Cl3F2N4O. The van der Waals surface area contributed by atoms with Gasteiger partial charge in [0.1, 0.15) is 18.2 Å². The number of aromatic nitrogens is 3.